The first-order valence-corrected chi connectivity index (χ1v) is 10.3. The van der Waals surface area contributed by atoms with E-state index in [4.69, 9.17) is 4.52 Å². The van der Waals surface area contributed by atoms with Crippen LogP contribution < -0.4 is 16.0 Å². The van der Waals surface area contributed by atoms with Gasteiger partial charge in [0.1, 0.15) is 11.6 Å². The van der Waals surface area contributed by atoms with Crippen molar-refractivity contribution in [1.82, 2.24) is 25.1 Å². The maximum absolute atomic E-state index is 5.07. The minimum absolute atomic E-state index is 0.0863. The van der Waals surface area contributed by atoms with Gasteiger partial charge in [0, 0.05) is 46.7 Å². The third-order valence-corrected chi connectivity index (χ3v) is 5.38. The normalized spacial score (nSPS) is 20.0. The molecular formula is C19H32N6OS. The molecule has 1 aliphatic rings. The molecule has 0 atom stereocenters. The maximum Gasteiger partial charge on any atom is 0.208 e. The minimum Gasteiger partial charge on any atom is -0.360 e. The van der Waals surface area contributed by atoms with E-state index in [9.17, 15) is 0 Å². The molecule has 1 aliphatic heterocycles. The number of rotatable bonds is 6. The lowest BCUT2D eigenvalue weighted by atomic mass is 9.78. The molecule has 8 heteroatoms. The van der Waals surface area contributed by atoms with E-state index in [1.165, 1.54) is 11.5 Å². The Bertz CT molecular complexity index is 763. The molecule has 0 amide bonds. The first-order valence-electron chi connectivity index (χ1n) is 9.51. The van der Waals surface area contributed by atoms with Crippen molar-refractivity contribution < 1.29 is 4.52 Å². The van der Waals surface area contributed by atoms with E-state index in [0.29, 0.717) is 11.9 Å². The average molecular weight is 393 g/mol. The van der Waals surface area contributed by atoms with Gasteiger partial charge in [0.05, 0.1) is 0 Å². The highest BCUT2D eigenvalue weighted by atomic mass is 32.1. The predicted molar refractivity (Wildman–Crippen MR) is 110 cm³/mol. The van der Waals surface area contributed by atoms with Crippen LogP contribution >= 0.6 is 11.5 Å². The molecule has 0 aromatic carbocycles. The lowest BCUT2D eigenvalue weighted by molar-refractivity contribution is 0.128. The number of aryl methyl sites for hydroxylation is 1. The Hall–Kier alpha value is -1.51. The Labute approximate surface area is 165 Å². The van der Waals surface area contributed by atoms with Gasteiger partial charge in [-0.2, -0.15) is 4.37 Å². The van der Waals surface area contributed by atoms with E-state index < -0.39 is 0 Å². The zero-order valence-corrected chi connectivity index (χ0v) is 18.3. The summed E-state index contributed by atoms with van der Waals surface area (Å²) in [7, 11) is 0. The quantitative estimate of drug-likeness (QED) is 0.689. The Morgan fingerprint density at radius 2 is 1.93 bits per heavy atom. The summed E-state index contributed by atoms with van der Waals surface area (Å²) in [5, 5.41) is 15.4. The standard InChI is InChI=1S/C19H32N6OS/c1-12-8-14(23-26-12)20-16-21-15(24-27-16)11-17(2,3)22-13-9-18(4,5)25-19(6,7)10-13/h8,13,22,25H,9-11H2,1-7H3,(H,20,21,23,24). The van der Waals surface area contributed by atoms with Crippen LogP contribution in [-0.4, -0.2) is 37.2 Å². The second-order valence-electron chi connectivity index (χ2n) is 9.67. The summed E-state index contributed by atoms with van der Waals surface area (Å²) in [5.41, 5.74) is 0.166. The summed E-state index contributed by atoms with van der Waals surface area (Å²) < 4.78 is 9.58. The summed E-state index contributed by atoms with van der Waals surface area (Å²) in [5.74, 6) is 2.26. The molecule has 0 unspecified atom stereocenters. The molecule has 3 rings (SSSR count). The van der Waals surface area contributed by atoms with Crippen LogP contribution in [0.4, 0.5) is 10.9 Å². The second kappa shape index (κ2) is 7.14. The van der Waals surface area contributed by atoms with Crippen molar-refractivity contribution in [2.75, 3.05) is 5.32 Å². The highest BCUT2D eigenvalue weighted by Crippen LogP contribution is 2.30. The number of nitrogens with zero attached hydrogens (tertiary/aromatic N) is 3. The third-order valence-electron chi connectivity index (χ3n) is 4.72. The van der Waals surface area contributed by atoms with Crippen LogP contribution in [0, 0.1) is 6.92 Å². The number of aromatic nitrogens is 3. The first kappa shape index (κ1) is 20.2. The highest BCUT2D eigenvalue weighted by Gasteiger charge is 2.39. The lowest BCUT2D eigenvalue weighted by Gasteiger charge is -2.48. The summed E-state index contributed by atoms with van der Waals surface area (Å²) in [6, 6.07) is 2.30. The number of nitrogens with one attached hydrogen (secondary N) is 3. The van der Waals surface area contributed by atoms with E-state index in [0.717, 1.165) is 36.0 Å². The topological polar surface area (TPSA) is 87.9 Å². The van der Waals surface area contributed by atoms with Gasteiger partial charge in [-0.3, -0.25) is 0 Å². The fraction of sp³-hybridized carbons (Fsp3) is 0.737. The zero-order chi connectivity index (χ0) is 19.9. The van der Waals surface area contributed by atoms with Gasteiger partial charge in [-0.25, -0.2) is 4.98 Å². The second-order valence-corrected chi connectivity index (χ2v) is 10.4. The van der Waals surface area contributed by atoms with Gasteiger partial charge in [0.2, 0.25) is 5.13 Å². The van der Waals surface area contributed by atoms with Crippen LogP contribution in [0.5, 0.6) is 0 Å². The van der Waals surface area contributed by atoms with Gasteiger partial charge in [0.25, 0.3) is 0 Å². The SMILES string of the molecule is Cc1cc(Nc2nc(CC(C)(C)NC3CC(C)(C)NC(C)(C)C3)ns2)no1. The molecule has 2 aromatic heterocycles. The number of hydrogen-bond acceptors (Lipinski definition) is 8. The fourth-order valence-corrected chi connectivity index (χ4v) is 4.93. The maximum atomic E-state index is 5.07. The van der Waals surface area contributed by atoms with Gasteiger partial charge in [-0.05, 0) is 61.3 Å². The largest absolute Gasteiger partial charge is 0.360 e. The Morgan fingerprint density at radius 1 is 1.26 bits per heavy atom. The molecule has 3 heterocycles. The van der Waals surface area contributed by atoms with Crippen molar-refractivity contribution in [3.63, 3.8) is 0 Å². The number of anilines is 2. The average Bonchev–Trinajstić information content (AvgIpc) is 3.03. The van der Waals surface area contributed by atoms with E-state index in [1.54, 1.807) is 0 Å². The van der Waals surface area contributed by atoms with Gasteiger partial charge in [0.15, 0.2) is 5.82 Å². The van der Waals surface area contributed by atoms with Crippen LogP contribution in [0.1, 0.15) is 66.0 Å². The van der Waals surface area contributed by atoms with Crippen LogP contribution in [0.15, 0.2) is 10.6 Å². The molecule has 27 heavy (non-hydrogen) atoms. The molecule has 0 saturated carbocycles. The Balaban J connectivity index is 1.61. The molecule has 0 bridgehead atoms. The van der Waals surface area contributed by atoms with E-state index in [1.807, 2.05) is 13.0 Å². The van der Waals surface area contributed by atoms with Crippen molar-refractivity contribution in [2.45, 2.75) is 90.4 Å². The van der Waals surface area contributed by atoms with Gasteiger partial charge in [-0.1, -0.05) is 5.16 Å². The van der Waals surface area contributed by atoms with Gasteiger partial charge >= 0.3 is 0 Å². The molecular weight excluding hydrogens is 360 g/mol. The highest BCUT2D eigenvalue weighted by molar-refractivity contribution is 7.09. The molecule has 0 spiro atoms. The Kier molecular flexibility index (Phi) is 5.35. The monoisotopic (exact) mass is 392 g/mol. The summed E-state index contributed by atoms with van der Waals surface area (Å²) in [4.78, 5) is 4.61. The van der Waals surface area contributed by atoms with Crippen molar-refractivity contribution in [2.24, 2.45) is 0 Å². The predicted octanol–water partition coefficient (Wildman–Crippen LogP) is 3.80. The van der Waals surface area contributed by atoms with Gasteiger partial charge in [-0.15, -0.1) is 0 Å². The lowest BCUT2D eigenvalue weighted by Crippen LogP contribution is -2.63. The smallest absolute Gasteiger partial charge is 0.208 e. The van der Waals surface area contributed by atoms with Crippen LogP contribution in [0.3, 0.4) is 0 Å². The molecule has 3 N–H and O–H groups in total. The molecule has 0 aliphatic carbocycles. The molecule has 1 saturated heterocycles. The van der Waals surface area contributed by atoms with E-state index >= 15 is 0 Å². The van der Waals surface area contributed by atoms with Crippen LogP contribution in [-0.2, 0) is 6.42 Å². The minimum atomic E-state index is -0.0863. The van der Waals surface area contributed by atoms with Crippen molar-refractivity contribution in [3.05, 3.63) is 17.7 Å². The molecule has 7 nitrogen and oxygen atoms in total. The molecule has 2 aromatic rings. The van der Waals surface area contributed by atoms with E-state index in [2.05, 4.69) is 72.0 Å². The van der Waals surface area contributed by atoms with Crippen molar-refractivity contribution in [1.29, 1.82) is 0 Å². The number of hydrogen-bond donors (Lipinski definition) is 3. The third kappa shape index (κ3) is 5.73. The summed E-state index contributed by atoms with van der Waals surface area (Å²) in [6.07, 6.45) is 2.97. The van der Waals surface area contributed by atoms with Gasteiger partial charge < -0.3 is 20.5 Å². The molecule has 0 radical (unpaired) electrons. The Morgan fingerprint density at radius 3 is 2.52 bits per heavy atom. The fourth-order valence-electron chi connectivity index (χ4n) is 4.33. The van der Waals surface area contributed by atoms with Crippen LogP contribution in [0.2, 0.25) is 0 Å². The summed E-state index contributed by atoms with van der Waals surface area (Å²) in [6.45, 7) is 15.4. The van der Waals surface area contributed by atoms with Crippen molar-refractivity contribution in [3.8, 4) is 0 Å². The number of piperidine rings is 1. The summed E-state index contributed by atoms with van der Waals surface area (Å²) >= 11 is 1.35. The molecule has 1 fully saturated rings. The van der Waals surface area contributed by atoms with Crippen molar-refractivity contribution >= 4 is 22.5 Å². The van der Waals surface area contributed by atoms with Crippen LogP contribution in [0.25, 0.3) is 0 Å². The molecule has 150 valence electrons. The first-order chi connectivity index (χ1) is 12.4. The zero-order valence-electron chi connectivity index (χ0n) is 17.4. The van der Waals surface area contributed by atoms with E-state index in [-0.39, 0.29) is 16.6 Å².